The van der Waals surface area contributed by atoms with E-state index >= 15 is 0 Å². The molecule has 8 nitrogen and oxygen atoms in total. The van der Waals surface area contributed by atoms with E-state index in [1.54, 1.807) is 19.4 Å². The largest absolute Gasteiger partial charge is 0.491 e. The van der Waals surface area contributed by atoms with Crippen LogP contribution in [0.15, 0.2) is 46.0 Å². The molecule has 1 aromatic carbocycles. The molecule has 0 bridgehead atoms. The standard InChI is InChI=1S/C21H30N4O4/c1-4-22-21(25-15-20(26)23-14-18-6-5-9-28-18)24-13-17-8-7-16(2)12-19(17)29-11-10-27-3/h5-9,12H,4,10-11,13-15H2,1-3H3,(H,23,26)(H2,22,24,25). The highest BCUT2D eigenvalue weighted by Gasteiger charge is 2.07. The van der Waals surface area contributed by atoms with Crippen molar-refractivity contribution in [2.45, 2.75) is 26.9 Å². The van der Waals surface area contributed by atoms with Crippen LogP contribution in [0.2, 0.25) is 0 Å². The molecule has 0 spiro atoms. The van der Waals surface area contributed by atoms with Crippen molar-refractivity contribution >= 4 is 11.9 Å². The number of amides is 1. The highest BCUT2D eigenvalue weighted by molar-refractivity contribution is 5.86. The normalized spacial score (nSPS) is 11.2. The summed E-state index contributed by atoms with van der Waals surface area (Å²) in [6.45, 7) is 6.56. The lowest BCUT2D eigenvalue weighted by Crippen LogP contribution is -2.43. The summed E-state index contributed by atoms with van der Waals surface area (Å²) in [6.07, 6.45) is 1.58. The number of methoxy groups -OCH3 is 1. The molecule has 0 aliphatic carbocycles. The molecule has 1 aromatic heterocycles. The minimum Gasteiger partial charge on any atom is -0.491 e. The van der Waals surface area contributed by atoms with Gasteiger partial charge in [-0.3, -0.25) is 4.79 Å². The SMILES string of the molecule is CCNC(=NCc1ccc(C)cc1OCCOC)NCC(=O)NCc1ccco1. The number of carbonyl (C=O) groups excluding carboxylic acids is 1. The highest BCUT2D eigenvalue weighted by atomic mass is 16.5. The number of nitrogens with one attached hydrogen (secondary N) is 3. The summed E-state index contributed by atoms with van der Waals surface area (Å²) in [5, 5.41) is 8.97. The Kier molecular flexibility index (Phi) is 9.57. The molecule has 1 amide bonds. The van der Waals surface area contributed by atoms with Crippen molar-refractivity contribution < 1.29 is 18.7 Å². The zero-order chi connectivity index (χ0) is 20.9. The second-order valence-corrected chi connectivity index (χ2v) is 6.36. The molecule has 158 valence electrons. The monoisotopic (exact) mass is 402 g/mol. The summed E-state index contributed by atoms with van der Waals surface area (Å²) in [7, 11) is 1.64. The van der Waals surface area contributed by atoms with Crippen molar-refractivity contribution in [1.29, 1.82) is 0 Å². The molecule has 1 heterocycles. The molecule has 0 atom stereocenters. The number of carbonyl (C=O) groups is 1. The van der Waals surface area contributed by atoms with E-state index in [1.807, 2.05) is 38.1 Å². The van der Waals surface area contributed by atoms with Gasteiger partial charge in [-0.15, -0.1) is 0 Å². The number of furan rings is 1. The fraction of sp³-hybridized carbons (Fsp3) is 0.429. The first-order chi connectivity index (χ1) is 14.1. The number of benzene rings is 1. The van der Waals surface area contributed by atoms with Crippen LogP contribution in [-0.4, -0.2) is 45.3 Å². The van der Waals surface area contributed by atoms with Crippen molar-refractivity contribution in [3.8, 4) is 5.75 Å². The van der Waals surface area contributed by atoms with Crippen molar-refractivity contribution in [1.82, 2.24) is 16.0 Å². The van der Waals surface area contributed by atoms with Crippen LogP contribution in [0, 0.1) is 6.92 Å². The number of hydrogen-bond acceptors (Lipinski definition) is 5. The Hall–Kier alpha value is -3.00. The maximum atomic E-state index is 12.0. The summed E-state index contributed by atoms with van der Waals surface area (Å²) >= 11 is 0. The van der Waals surface area contributed by atoms with Crippen molar-refractivity contribution in [3.63, 3.8) is 0 Å². The fourth-order valence-corrected chi connectivity index (χ4v) is 2.49. The van der Waals surface area contributed by atoms with Crippen LogP contribution in [-0.2, 0) is 22.6 Å². The molecule has 0 saturated carbocycles. The van der Waals surface area contributed by atoms with Gasteiger partial charge >= 0.3 is 0 Å². The van der Waals surface area contributed by atoms with E-state index in [2.05, 4.69) is 20.9 Å². The van der Waals surface area contributed by atoms with Gasteiger partial charge in [0.2, 0.25) is 5.91 Å². The Morgan fingerprint density at radius 1 is 1.17 bits per heavy atom. The summed E-state index contributed by atoms with van der Waals surface area (Å²) in [6, 6.07) is 9.61. The van der Waals surface area contributed by atoms with E-state index in [-0.39, 0.29) is 12.5 Å². The molecule has 2 aromatic rings. The highest BCUT2D eigenvalue weighted by Crippen LogP contribution is 2.21. The van der Waals surface area contributed by atoms with E-state index in [0.29, 0.717) is 44.6 Å². The third-order valence-corrected chi connectivity index (χ3v) is 3.98. The first-order valence-electron chi connectivity index (χ1n) is 9.65. The Morgan fingerprint density at radius 3 is 2.76 bits per heavy atom. The van der Waals surface area contributed by atoms with Gasteiger partial charge in [0.25, 0.3) is 0 Å². The molecule has 0 fully saturated rings. The lowest BCUT2D eigenvalue weighted by molar-refractivity contribution is -0.120. The third-order valence-electron chi connectivity index (χ3n) is 3.98. The molecular formula is C21H30N4O4. The number of ether oxygens (including phenoxy) is 2. The van der Waals surface area contributed by atoms with Crippen LogP contribution in [0.4, 0.5) is 0 Å². The van der Waals surface area contributed by atoms with Gasteiger partial charge in [-0.1, -0.05) is 12.1 Å². The summed E-state index contributed by atoms with van der Waals surface area (Å²) in [5.41, 5.74) is 2.08. The van der Waals surface area contributed by atoms with Crippen molar-refractivity contribution in [2.24, 2.45) is 4.99 Å². The van der Waals surface area contributed by atoms with Gasteiger partial charge in [0.15, 0.2) is 5.96 Å². The maximum Gasteiger partial charge on any atom is 0.239 e. The van der Waals surface area contributed by atoms with Crippen molar-refractivity contribution in [2.75, 3.05) is 33.4 Å². The second-order valence-electron chi connectivity index (χ2n) is 6.36. The minimum atomic E-state index is -0.147. The smallest absolute Gasteiger partial charge is 0.239 e. The zero-order valence-corrected chi connectivity index (χ0v) is 17.3. The fourth-order valence-electron chi connectivity index (χ4n) is 2.49. The number of aryl methyl sites for hydroxylation is 1. The van der Waals surface area contributed by atoms with Crippen LogP contribution in [0.1, 0.15) is 23.8 Å². The third kappa shape index (κ3) is 8.27. The predicted molar refractivity (Wildman–Crippen MR) is 112 cm³/mol. The second kappa shape index (κ2) is 12.5. The molecule has 29 heavy (non-hydrogen) atoms. The van der Waals surface area contributed by atoms with Gasteiger partial charge in [-0.25, -0.2) is 4.99 Å². The molecule has 0 aliphatic rings. The van der Waals surface area contributed by atoms with E-state index in [1.165, 1.54) is 0 Å². The Bertz CT molecular complexity index is 775. The van der Waals surface area contributed by atoms with Crippen LogP contribution in [0.5, 0.6) is 5.75 Å². The van der Waals surface area contributed by atoms with Gasteiger partial charge in [-0.05, 0) is 37.6 Å². The van der Waals surface area contributed by atoms with Crippen LogP contribution < -0.4 is 20.7 Å². The lowest BCUT2D eigenvalue weighted by atomic mass is 10.1. The van der Waals surface area contributed by atoms with Gasteiger partial charge < -0.3 is 29.8 Å². The van der Waals surface area contributed by atoms with E-state index < -0.39 is 0 Å². The molecule has 3 N–H and O–H groups in total. The summed E-state index contributed by atoms with van der Waals surface area (Å²) < 4.78 is 16.1. The van der Waals surface area contributed by atoms with Gasteiger partial charge in [0.05, 0.1) is 32.5 Å². The summed E-state index contributed by atoms with van der Waals surface area (Å²) in [4.78, 5) is 16.6. The Labute approximate surface area is 171 Å². The van der Waals surface area contributed by atoms with Gasteiger partial charge in [-0.2, -0.15) is 0 Å². The Balaban J connectivity index is 1.91. The Morgan fingerprint density at radius 2 is 2.03 bits per heavy atom. The molecule has 2 rings (SSSR count). The minimum absolute atomic E-state index is 0.109. The van der Waals surface area contributed by atoms with Crippen LogP contribution in [0.3, 0.4) is 0 Å². The topological polar surface area (TPSA) is 97.1 Å². The van der Waals surface area contributed by atoms with E-state index in [4.69, 9.17) is 13.9 Å². The molecule has 0 aliphatic heterocycles. The molecule has 0 saturated heterocycles. The predicted octanol–water partition coefficient (Wildman–Crippen LogP) is 1.98. The molecular weight excluding hydrogens is 372 g/mol. The number of nitrogens with zero attached hydrogens (tertiary/aromatic N) is 1. The molecule has 0 radical (unpaired) electrons. The average molecular weight is 402 g/mol. The molecule has 8 heteroatoms. The zero-order valence-electron chi connectivity index (χ0n) is 17.3. The maximum absolute atomic E-state index is 12.0. The lowest BCUT2D eigenvalue weighted by Gasteiger charge is -2.13. The van der Waals surface area contributed by atoms with Gasteiger partial charge in [0, 0.05) is 19.2 Å². The van der Waals surface area contributed by atoms with Crippen molar-refractivity contribution in [3.05, 3.63) is 53.5 Å². The number of rotatable bonds is 11. The number of hydrogen-bond donors (Lipinski definition) is 3. The van der Waals surface area contributed by atoms with Crippen LogP contribution in [0.25, 0.3) is 0 Å². The number of guanidine groups is 1. The van der Waals surface area contributed by atoms with E-state index in [0.717, 1.165) is 16.9 Å². The summed E-state index contributed by atoms with van der Waals surface area (Å²) in [5.74, 6) is 1.91. The van der Waals surface area contributed by atoms with Crippen LogP contribution >= 0.6 is 0 Å². The van der Waals surface area contributed by atoms with Gasteiger partial charge in [0.1, 0.15) is 18.1 Å². The van der Waals surface area contributed by atoms with E-state index in [9.17, 15) is 4.79 Å². The quantitative estimate of drug-likeness (QED) is 0.302. The average Bonchev–Trinajstić information content (AvgIpc) is 3.23. The first-order valence-corrected chi connectivity index (χ1v) is 9.65. The number of aliphatic imine (C=N–C) groups is 1. The molecule has 0 unspecified atom stereocenters. The first kappa shape index (κ1) is 22.3.